The number of carbonyl (C=O) groups is 1. The molecule has 1 amide bonds. The number of oxazole rings is 1. The van der Waals surface area contributed by atoms with Crippen molar-refractivity contribution in [1.82, 2.24) is 10.3 Å². The number of nitrogens with zero attached hydrogens (tertiary/aromatic N) is 1. The van der Waals surface area contributed by atoms with E-state index in [9.17, 15) is 4.79 Å². The Balaban J connectivity index is 1.93. The number of rotatable bonds is 5. The van der Waals surface area contributed by atoms with Crippen molar-refractivity contribution in [3.8, 4) is 11.5 Å². The number of amides is 1. The van der Waals surface area contributed by atoms with Gasteiger partial charge in [0.15, 0.2) is 22.7 Å². The number of nitrogens with one attached hydrogen (secondary N) is 1. The zero-order valence-electron chi connectivity index (χ0n) is 13.0. The summed E-state index contributed by atoms with van der Waals surface area (Å²) in [4.78, 5) is 15.7. The predicted octanol–water partition coefficient (Wildman–Crippen LogP) is 4.38. The maximum atomic E-state index is 11.4. The molecule has 122 valence electrons. The van der Waals surface area contributed by atoms with E-state index in [4.69, 9.17) is 20.8 Å². The molecule has 0 saturated carbocycles. The van der Waals surface area contributed by atoms with Gasteiger partial charge in [0.1, 0.15) is 5.75 Å². The molecule has 0 atom stereocenters. The quantitative estimate of drug-likeness (QED) is 0.699. The van der Waals surface area contributed by atoms with Gasteiger partial charge in [-0.1, -0.05) is 18.2 Å². The van der Waals surface area contributed by atoms with Gasteiger partial charge in [-0.25, -0.2) is 4.98 Å². The van der Waals surface area contributed by atoms with Gasteiger partial charge in [-0.3, -0.25) is 4.79 Å². The van der Waals surface area contributed by atoms with Crippen molar-refractivity contribution in [2.24, 2.45) is 0 Å². The van der Waals surface area contributed by atoms with Crippen LogP contribution in [0.4, 0.5) is 0 Å². The largest absolute Gasteiger partial charge is 0.455 e. The van der Waals surface area contributed by atoms with E-state index in [1.165, 1.54) is 6.08 Å². The Hall–Kier alpha value is -2.79. The van der Waals surface area contributed by atoms with Crippen LogP contribution in [0.1, 0.15) is 11.5 Å². The van der Waals surface area contributed by atoms with Gasteiger partial charge in [-0.15, -0.1) is 0 Å². The molecule has 3 rings (SSSR count). The van der Waals surface area contributed by atoms with Crippen LogP contribution in [0.15, 0.2) is 53.5 Å². The van der Waals surface area contributed by atoms with E-state index in [-0.39, 0.29) is 5.91 Å². The second kappa shape index (κ2) is 6.76. The highest BCUT2D eigenvalue weighted by Gasteiger charge is 2.14. The van der Waals surface area contributed by atoms with Gasteiger partial charge in [0.25, 0.3) is 0 Å². The first-order chi connectivity index (χ1) is 11.6. The first-order valence-electron chi connectivity index (χ1n) is 7.29. The van der Waals surface area contributed by atoms with E-state index in [1.807, 2.05) is 6.07 Å². The number of halogens is 1. The lowest BCUT2D eigenvalue weighted by molar-refractivity contribution is -0.116. The Morgan fingerprint density at radius 3 is 2.79 bits per heavy atom. The number of aryl methyl sites for hydroxylation is 1. The number of hydrogen-bond donors (Lipinski definition) is 1. The van der Waals surface area contributed by atoms with Crippen LogP contribution in [0.25, 0.3) is 11.1 Å². The van der Waals surface area contributed by atoms with Crippen LogP contribution < -0.4 is 10.1 Å². The van der Waals surface area contributed by atoms with E-state index in [0.29, 0.717) is 40.1 Å². The number of hydrogen-bond acceptors (Lipinski definition) is 4. The smallest absolute Gasteiger partial charge is 0.243 e. The van der Waals surface area contributed by atoms with Gasteiger partial charge in [-0.2, -0.15) is 0 Å². The van der Waals surface area contributed by atoms with Crippen molar-refractivity contribution in [2.75, 3.05) is 0 Å². The fourth-order valence-corrected chi connectivity index (χ4v) is 2.37. The van der Waals surface area contributed by atoms with E-state index in [0.717, 1.165) is 5.56 Å². The molecule has 3 aromatic rings. The number of carbonyl (C=O) groups excluding carboxylic acids is 1. The first kappa shape index (κ1) is 16.1. The van der Waals surface area contributed by atoms with Crippen molar-refractivity contribution < 1.29 is 13.9 Å². The molecular formula is C18H15ClN2O3. The van der Waals surface area contributed by atoms with Crippen molar-refractivity contribution in [1.29, 1.82) is 0 Å². The Morgan fingerprint density at radius 1 is 1.33 bits per heavy atom. The minimum absolute atomic E-state index is 0.249. The highest BCUT2D eigenvalue weighted by Crippen LogP contribution is 2.32. The highest BCUT2D eigenvalue weighted by atomic mass is 35.5. The maximum Gasteiger partial charge on any atom is 0.243 e. The minimum atomic E-state index is -0.249. The molecule has 0 spiro atoms. The van der Waals surface area contributed by atoms with Crippen LogP contribution in [-0.4, -0.2) is 10.9 Å². The van der Waals surface area contributed by atoms with E-state index < -0.39 is 0 Å². The molecule has 0 bridgehead atoms. The second-order valence-corrected chi connectivity index (χ2v) is 5.55. The molecule has 0 aliphatic carbocycles. The first-order valence-corrected chi connectivity index (χ1v) is 7.67. The second-order valence-electron chi connectivity index (χ2n) is 5.11. The molecule has 0 unspecified atom stereocenters. The Morgan fingerprint density at radius 2 is 2.08 bits per heavy atom. The summed E-state index contributed by atoms with van der Waals surface area (Å²) in [7, 11) is 0. The van der Waals surface area contributed by atoms with E-state index in [1.54, 1.807) is 37.3 Å². The summed E-state index contributed by atoms with van der Waals surface area (Å²) in [6.45, 7) is 5.51. The van der Waals surface area contributed by atoms with Crippen molar-refractivity contribution in [3.05, 3.63) is 65.5 Å². The molecule has 24 heavy (non-hydrogen) atoms. The summed E-state index contributed by atoms with van der Waals surface area (Å²) in [5.74, 6) is 1.49. The summed E-state index contributed by atoms with van der Waals surface area (Å²) < 4.78 is 11.6. The third-order valence-electron chi connectivity index (χ3n) is 3.37. The molecule has 0 saturated heterocycles. The molecule has 5 nitrogen and oxygen atoms in total. The average Bonchev–Trinajstić information content (AvgIpc) is 2.97. The third-order valence-corrected chi connectivity index (χ3v) is 3.63. The van der Waals surface area contributed by atoms with Crippen LogP contribution in [-0.2, 0) is 11.3 Å². The van der Waals surface area contributed by atoms with Crippen LogP contribution in [0.5, 0.6) is 11.5 Å². The molecule has 2 aromatic carbocycles. The van der Waals surface area contributed by atoms with E-state index >= 15 is 0 Å². The molecule has 6 heteroatoms. The lowest BCUT2D eigenvalue weighted by Crippen LogP contribution is -2.19. The summed E-state index contributed by atoms with van der Waals surface area (Å²) in [5, 5.41) is 3.36. The summed E-state index contributed by atoms with van der Waals surface area (Å²) >= 11 is 5.88. The monoisotopic (exact) mass is 342 g/mol. The van der Waals surface area contributed by atoms with Gasteiger partial charge in [0.2, 0.25) is 5.91 Å². The zero-order chi connectivity index (χ0) is 17.1. The topological polar surface area (TPSA) is 64.4 Å². The van der Waals surface area contributed by atoms with Crippen LogP contribution in [0.3, 0.4) is 0 Å². The third kappa shape index (κ3) is 3.41. The molecule has 1 N–H and O–H groups in total. The fraction of sp³-hybridized carbons (Fsp3) is 0.111. The van der Waals surface area contributed by atoms with Gasteiger partial charge in [-0.05, 0) is 42.5 Å². The Labute approximate surface area is 143 Å². The van der Waals surface area contributed by atoms with Gasteiger partial charge in [0.05, 0.1) is 0 Å². The van der Waals surface area contributed by atoms with Gasteiger partial charge < -0.3 is 14.5 Å². The Bertz CT molecular complexity index is 901. The lowest BCUT2D eigenvalue weighted by atomic mass is 10.2. The standard InChI is InChI=1S/C18H15ClN2O3/c1-3-16(22)20-10-12-4-9-15(17-18(12)23-11(2)21-17)24-14-7-5-13(19)6-8-14/h3-9H,1,10H2,2H3,(H,20,22). The molecule has 0 radical (unpaired) electrons. The number of fused-ring (bicyclic) bond motifs is 1. The summed E-state index contributed by atoms with van der Waals surface area (Å²) in [6, 6.07) is 10.7. The van der Waals surface area contributed by atoms with Gasteiger partial charge >= 0.3 is 0 Å². The number of benzene rings is 2. The fourth-order valence-electron chi connectivity index (χ4n) is 2.25. The lowest BCUT2D eigenvalue weighted by Gasteiger charge is -2.08. The van der Waals surface area contributed by atoms with Crippen molar-refractivity contribution in [2.45, 2.75) is 13.5 Å². The van der Waals surface area contributed by atoms with Crippen LogP contribution in [0, 0.1) is 6.92 Å². The molecular weight excluding hydrogens is 328 g/mol. The normalized spacial score (nSPS) is 10.6. The predicted molar refractivity (Wildman–Crippen MR) is 92.3 cm³/mol. The van der Waals surface area contributed by atoms with Crippen LogP contribution in [0.2, 0.25) is 5.02 Å². The zero-order valence-corrected chi connectivity index (χ0v) is 13.8. The maximum absolute atomic E-state index is 11.4. The number of ether oxygens (including phenoxy) is 1. The van der Waals surface area contributed by atoms with Crippen molar-refractivity contribution in [3.63, 3.8) is 0 Å². The molecule has 0 fully saturated rings. The van der Waals surface area contributed by atoms with Crippen LogP contribution >= 0.6 is 11.6 Å². The average molecular weight is 343 g/mol. The van der Waals surface area contributed by atoms with Crippen molar-refractivity contribution >= 4 is 28.6 Å². The van der Waals surface area contributed by atoms with E-state index in [2.05, 4.69) is 16.9 Å². The summed E-state index contributed by atoms with van der Waals surface area (Å²) in [6.07, 6.45) is 1.22. The highest BCUT2D eigenvalue weighted by molar-refractivity contribution is 6.30. The SMILES string of the molecule is C=CC(=O)NCc1ccc(Oc2ccc(Cl)cc2)c2nc(C)oc12. The molecule has 0 aliphatic rings. The summed E-state index contributed by atoms with van der Waals surface area (Å²) in [5.41, 5.74) is 2.00. The minimum Gasteiger partial charge on any atom is -0.455 e. The Kier molecular flexibility index (Phi) is 4.53. The number of aromatic nitrogens is 1. The molecule has 1 heterocycles. The molecule has 0 aliphatic heterocycles. The molecule has 1 aromatic heterocycles. The van der Waals surface area contributed by atoms with Gasteiger partial charge in [0, 0.05) is 24.1 Å².